The molecule has 0 aliphatic heterocycles. The standard InChI is InChI=1S/C19H21N3O5/c1-26-15-6-4-14(5-7-15)21-18(24)9-10-19(25)22-20-12-13-3-8-16(23)17(11-13)27-2/h3-8,11-12,23H,9-10H2,1-2H3,(H,21,24)(H,22,25). The fraction of sp³-hybridized carbons (Fsp3) is 0.211. The van der Waals surface area contributed by atoms with Gasteiger partial charge in [-0.25, -0.2) is 5.43 Å². The third-order valence-electron chi connectivity index (χ3n) is 3.56. The Balaban J connectivity index is 1.75. The summed E-state index contributed by atoms with van der Waals surface area (Å²) < 4.78 is 10.0. The number of nitrogens with one attached hydrogen (secondary N) is 2. The van der Waals surface area contributed by atoms with Crippen molar-refractivity contribution in [2.45, 2.75) is 12.8 Å². The molecule has 3 N–H and O–H groups in total. The average molecular weight is 371 g/mol. The summed E-state index contributed by atoms with van der Waals surface area (Å²) in [6.07, 6.45) is 1.44. The van der Waals surface area contributed by atoms with Crippen LogP contribution in [0.3, 0.4) is 0 Å². The molecule has 0 atom stereocenters. The number of ether oxygens (including phenoxy) is 2. The number of aromatic hydroxyl groups is 1. The van der Waals surface area contributed by atoms with Crippen LogP contribution in [0.4, 0.5) is 5.69 Å². The molecule has 0 aliphatic rings. The number of hydrazone groups is 1. The molecule has 2 amide bonds. The van der Waals surface area contributed by atoms with Gasteiger partial charge in [-0.15, -0.1) is 0 Å². The Hall–Kier alpha value is -3.55. The van der Waals surface area contributed by atoms with Gasteiger partial charge in [-0.2, -0.15) is 5.10 Å². The fourth-order valence-corrected chi connectivity index (χ4v) is 2.13. The van der Waals surface area contributed by atoms with E-state index in [9.17, 15) is 14.7 Å². The highest BCUT2D eigenvalue weighted by molar-refractivity contribution is 5.93. The van der Waals surface area contributed by atoms with Gasteiger partial charge in [0, 0.05) is 18.5 Å². The molecule has 8 nitrogen and oxygen atoms in total. The van der Waals surface area contributed by atoms with E-state index in [1.807, 2.05) is 0 Å². The summed E-state index contributed by atoms with van der Waals surface area (Å²) in [4.78, 5) is 23.6. The normalized spacial score (nSPS) is 10.4. The molecule has 0 aliphatic carbocycles. The molecule has 0 spiro atoms. The largest absolute Gasteiger partial charge is 0.504 e. The maximum atomic E-state index is 11.9. The van der Waals surface area contributed by atoms with Crippen molar-refractivity contribution in [3.05, 3.63) is 48.0 Å². The molecular weight excluding hydrogens is 350 g/mol. The van der Waals surface area contributed by atoms with Crippen LogP contribution in [-0.4, -0.2) is 37.4 Å². The zero-order chi connectivity index (χ0) is 19.6. The van der Waals surface area contributed by atoms with Crippen LogP contribution in [-0.2, 0) is 9.59 Å². The van der Waals surface area contributed by atoms with Gasteiger partial charge in [0.15, 0.2) is 11.5 Å². The topological polar surface area (TPSA) is 109 Å². The number of anilines is 1. The van der Waals surface area contributed by atoms with E-state index >= 15 is 0 Å². The van der Waals surface area contributed by atoms with E-state index in [2.05, 4.69) is 15.8 Å². The quantitative estimate of drug-likeness (QED) is 0.487. The number of benzene rings is 2. The SMILES string of the molecule is COc1ccc(NC(=O)CCC(=O)NN=Cc2ccc(O)c(OC)c2)cc1. The minimum absolute atomic E-state index is 0.00176. The molecule has 2 aromatic rings. The number of nitrogens with zero attached hydrogens (tertiary/aromatic N) is 1. The molecule has 0 unspecified atom stereocenters. The van der Waals surface area contributed by atoms with E-state index in [0.29, 0.717) is 22.7 Å². The van der Waals surface area contributed by atoms with Gasteiger partial charge in [0.05, 0.1) is 20.4 Å². The smallest absolute Gasteiger partial charge is 0.240 e. The number of hydrogen-bond acceptors (Lipinski definition) is 6. The van der Waals surface area contributed by atoms with Gasteiger partial charge < -0.3 is 19.9 Å². The molecule has 0 heterocycles. The third-order valence-corrected chi connectivity index (χ3v) is 3.56. The summed E-state index contributed by atoms with van der Waals surface area (Å²) in [6.45, 7) is 0. The average Bonchev–Trinajstić information content (AvgIpc) is 2.68. The number of carbonyl (C=O) groups is 2. The second-order valence-corrected chi connectivity index (χ2v) is 5.50. The van der Waals surface area contributed by atoms with Gasteiger partial charge in [0.25, 0.3) is 0 Å². The number of amides is 2. The maximum absolute atomic E-state index is 11.9. The van der Waals surface area contributed by atoms with Crippen molar-refractivity contribution in [3.63, 3.8) is 0 Å². The monoisotopic (exact) mass is 371 g/mol. The Labute approximate surface area is 156 Å². The number of rotatable bonds is 8. The second kappa shape index (κ2) is 9.81. The van der Waals surface area contributed by atoms with E-state index in [1.165, 1.54) is 19.4 Å². The number of phenols is 1. The van der Waals surface area contributed by atoms with Crippen LogP contribution < -0.4 is 20.2 Å². The zero-order valence-corrected chi connectivity index (χ0v) is 15.1. The van der Waals surface area contributed by atoms with Gasteiger partial charge in [-0.3, -0.25) is 9.59 Å². The Morgan fingerprint density at radius 1 is 1.04 bits per heavy atom. The van der Waals surface area contributed by atoms with E-state index in [0.717, 1.165) is 0 Å². The molecule has 0 fully saturated rings. The molecule has 2 rings (SSSR count). The molecular formula is C19H21N3O5. The summed E-state index contributed by atoms with van der Waals surface area (Å²) in [6, 6.07) is 11.6. The summed E-state index contributed by atoms with van der Waals surface area (Å²) in [7, 11) is 3.00. The van der Waals surface area contributed by atoms with E-state index in [4.69, 9.17) is 9.47 Å². The van der Waals surface area contributed by atoms with E-state index < -0.39 is 0 Å². The van der Waals surface area contributed by atoms with Crippen molar-refractivity contribution in [1.29, 1.82) is 0 Å². The van der Waals surface area contributed by atoms with Crippen LogP contribution in [0.5, 0.6) is 17.2 Å². The Morgan fingerprint density at radius 3 is 2.41 bits per heavy atom. The lowest BCUT2D eigenvalue weighted by Crippen LogP contribution is -2.20. The van der Waals surface area contributed by atoms with E-state index in [1.54, 1.807) is 43.5 Å². The molecule has 0 aromatic heterocycles. The van der Waals surface area contributed by atoms with Gasteiger partial charge in [-0.1, -0.05) is 0 Å². The number of hydrogen-bond donors (Lipinski definition) is 3. The fourth-order valence-electron chi connectivity index (χ4n) is 2.13. The maximum Gasteiger partial charge on any atom is 0.240 e. The summed E-state index contributed by atoms with van der Waals surface area (Å²) in [5.74, 6) is 0.350. The molecule has 0 saturated carbocycles. The van der Waals surface area contributed by atoms with Crippen molar-refractivity contribution < 1.29 is 24.2 Å². The van der Waals surface area contributed by atoms with Gasteiger partial charge in [0.2, 0.25) is 11.8 Å². The predicted octanol–water partition coefficient (Wildman–Crippen LogP) is 2.28. The highest BCUT2D eigenvalue weighted by Crippen LogP contribution is 2.25. The minimum atomic E-state index is -0.387. The first kappa shape index (κ1) is 19.8. The summed E-state index contributed by atoms with van der Waals surface area (Å²) >= 11 is 0. The number of methoxy groups -OCH3 is 2. The Bertz CT molecular complexity index is 819. The van der Waals surface area contributed by atoms with Crippen LogP contribution in [0.2, 0.25) is 0 Å². The van der Waals surface area contributed by atoms with Crippen LogP contribution in [0, 0.1) is 0 Å². The second-order valence-electron chi connectivity index (χ2n) is 5.50. The lowest BCUT2D eigenvalue weighted by Gasteiger charge is -2.06. The minimum Gasteiger partial charge on any atom is -0.504 e. The molecule has 27 heavy (non-hydrogen) atoms. The lowest BCUT2D eigenvalue weighted by molar-refractivity contribution is -0.124. The third kappa shape index (κ3) is 6.35. The van der Waals surface area contributed by atoms with Crippen LogP contribution in [0.25, 0.3) is 0 Å². The first-order valence-corrected chi connectivity index (χ1v) is 8.14. The van der Waals surface area contributed by atoms with Crippen molar-refractivity contribution in [2.24, 2.45) is 5.10 Å². The molecule has 2 aromatic carbocycles. The highest BCUT2D eigenvalue weighted by atomic mass is 16.5. The first-order chi connectivity index (χ1) is 13.0. The predicted molar refractivity (Wildman–Crippen MR) is 101 cm³/mol. The first-order valence-electron chi connectivity index (χ1n) is 8.14. The number of carbonyl (C=O) groups excluding carboxylic acids is 2. The van der Waals surface area contributed by atoms with Crippen molar-refractivity contribution in [1.82, 2.24) is 5.43 Å². The Morgan fingerprint density at radius 2 is 1.74 bits per heavy atom. The molecule has 142 valence electrons. The van der Waals surface area contributed by atoms with Crippen molar-refractivity contribution in [2.75, 3.05) is 19.5 Å². The molecule has 0 radical (unpaired) electrons. The van der Waals surface area contributed by atoms with Gasteiger partial charge in [-0.05, 0) is 48.0 Å². The van der Waals surface area contributed by atoms with Crippen LogP contribution in [0.15, 0.2) is 47.6 Å². The molecule has 8 heteroatoms. The van der Waals surface area contributed by atoms with Crippen molar-refractivity contribution in [3.8, 4) is 17.2 Å². The molecule has 0 bridgehead atoms. The van der Waals surface area contributed by atoms with E-state index in [-0.39, 0.29) is 30.4 Å². The number of phenolic OH excluding ortho intramolecular Hbond substituents is 1. The highest BCUT2D eigenvalue weighted by Gasteiger charge is 2.07. The van der Waals surface area contributed by atoms with Gasteiger partial charge in [0.1, 0.15) is 5.75 Å². The van der Waals surface area contributed by atoms with Gasteiger partial charge >= 0.3 is 0 Å². The Kier molecular flexibility index (Phi) is 7.18. The lowest BCUT2D eigenvalue weighted by atomic mass is 10.2. The zero-order valence-electron chi connectivity index (χ0n) is 15.1. The van der Waals surface area contributed by atoms with Crippen LogP contribution >= 0.6 is 0 Å². The van der Waals surface area contributed by atoms with Crippen molar-refractivity contribution >= 4 is 23.7 Å². The molecule has 0 saturated heterocycles. The van der Waals surface area contributed by atoms with Crippen LogP contribution in [0.1, 0.15) is 18.4 Å². The summed E-state index contributed by atoms with van der Waals surface area (Å²) in [5.41, 5.74) is 3.61. The summed E-state index contributed by atoms with van der Waals surface area (Å²) in [5, 5.41) is 16.0.